The zero-order valence-electron chi connectivity index (χ0n) is 46.9. The van der Waals surface area contributed by atoms with Gasteiger partial charge in [-0.05, 0) is 47.9 Å². The predicted molar refractivity (Wildman–Crippen MR) is 310 cm³/mol. The highest BCUT2D eigenvalue weighted by molar-refractivity contribution is 7.58. The molecule has 0 aromatic heterocycles. The van der Waals surface area contributed by atoms with Crippen LogP contribution in [-0.4, -0.2) is 47.8 Å². The van der Waals surface area contributed by atoms with Crippen LogP contribution in [0.25, 0.3) is 0 Å². The minimum atomic E-state index is -3.28. The molecule has 0 aliphatic carbocycles. The second-order valence-corrected chi connectivity index (χ2v) is 26.4. The van der Waals surface area contributed by atoms with Crippen LogP contribution in [0.2, 0.25) is 0 Å². The van der Waals surface area contributed by atoms with E-state index >= 15 is 0 Å². The highest BCUT2D eigenvalue weighted by Crippen LogP contribution is 2.51. The van der Waals surface area contributed by atoms with Crippen molar-refractivity contribution < 1.29 is 51.5 Å². The zero-order chi connectivity index (χ0) is 55.4. The topological polar surface area (TPSA) is 152 Å². The van der Waals surface area contributed by atoms with Gasteiger partial charge >= 0.3 is 19.5 Å². The summed E-state index contributed by atoms with van der Waals surface area (Å²) in [5.41, 5.74) is 2.12. The summed E-state index contributed by atoms with van der Waals surface area (Å²) in [4.78, 5) is 59.3. The number of carbonyl (C=O) groups is 4. The molecule has 14 heteroatoms. The van der Waals surface area contributed by atoms with Crippen LogP contribution < -0.4 is 0 Å². The molecule has 1 aliphatic rings. The summed E-state index contributed by atoms with van der Waals surface area (Å²) in [7, 11) is -5.88. The lowest BCUT2D eigenvalue weighted by atomic mass is 9.77. The van der Waals surface area contributed by atoms with E-state index in [1.807, 2.05) is 121 Å². The van der Waals surface area contributed by atoms with Gasteiger partial charge in [0.05, 0.1) is 26.0 Å². The number of hydrogen-bond acceptors (Lipinski definition) is 11. The molecule has 1 aliphatic heterocycles. The molecule has 4 aromatic rings. The molecule has 428 valence electrons. The maximum absolute atomic E-state index is 14.3. The Bertz CT molecular complexity index is 2330. The van der Waals surface area contributed by atoms with E-state index in [9.17, 15) is 28.3 Å². The Labute approximate surface area is 467 Å². The van der Waals surface area contributed by atoms with Crippen LogP contribution >= 0.6 is 15.0 Å². The van der Waals surface area contributed by atoms with Gasteiger partial charge in [-0.1, -0.05) is 263 Å². The zero-order valence-corrected chi connectivity index (χ0v) is 48.7. The van der Waals surface area contributed by atoms with E-state index in [4.69, 9.17) is 23.1 Å². The van der Waals surface area contributed by atoms with Crippen molar-refractivity contribution in [1.82, 2.24) is 5.06 Å². The fourth-order valence-corrected chi connectivity index (χ4v) is 12.9. The van der Waals surface area contributed by atoms with Crippen molar-refractivity contribution in [1.29, 1.82) is 0 Å². The van der Waals surface area contributed by atoms with Gasteiger partial charge < -0.3 is 23.1 Å². The fourth-order valence-electron chi connectivity index (χ4n) is 9.91. The van der Waals surface area contributed by atoms with Crippen LogP contribution in [-0.2, 0) is 77.9 Å². The summed E-state index contributed by atoms with van der Waals surface area (Å²) in [5.74, 6) is -2.71. The Hall–Kier alpha value is -4.70. The number of benzene rings is 4. The van der Waals surface area contributed by atoms with Crippen molar-refractivity contribution in [2.75, 3.05) is 19.0 Å². The number of imide groups is 1. The Kier molecular flexibility index (Phi) is 30.6. The Morgan fingerprint density at radius 1 is 0.410 bits per heavy atom. The van der Waals surface area contributed by atoms with E-state index in [0.717, 1.165) is 144 Å². The summed E-state index contributed by atoms with van der Waals surface area (Å²) >= 11 is 0. The van der Waals surface area contributed by atoms with E-state index in [-0.39, 0.29) is 45.5 Å². The second-order valence-electron chi connectivity index (χ2n) is 21.4. The number of amides is 2. The minimum Gasteiger partial charge on any atom is -0.460 e. The maximum atomic E-state index is 14.3. The van der Waals surface area contributed by atoms with Gasteiger partial charge in [0, 0.05) is 25.7 Å². The molecule has 2 unspecified atom stereocenters. The van der Waals surface area contributed by atoms with Crippen molar-refractivity contribution >= 4 is 38.7 Å². The van der Waals surface area contributed by atoms with Crippen LogP contribution in [0.1, 0.15) is 202 Å². The summed E-state index contributed by atoms with van der Waals surface area (Å²) in [6.07, 6.45) is 25.6. The number of hydrogen-bond donors (Lipinski definition) is 0. The molecule has 0 radical (unpaired) electrons. The Morgan fingerprint density at radius 2 is 0.718 bits per heavy atom. The first-order chi connectivity index (χ1) is 38.0. The molecule has 0 N–H and O–H groups in total. The van der Waals surface area contributed by atoms with Crippen LogP contribution in [0.3, 0.4) is 0 Å². The summed E-state index contributed by atoms with van der Waals surface area (Å²) in [6.45, 7) is 2.64. The molecule has 12 nitrogen and oxygen atoms in total. The van der Waals surface area contributed by atoms with E-state index < -0.39 is 44.1 Å². The van der Waals surface area contributed by atoms with E-state index in [1.165, 1.54) is 19.3 Å². The first-order valence-corrected chi connectivity index (χ1v) is 33.5. The first kappa shape index (κ1) is 64.1. The van der Waals surface area contributed by atoms with Gasteiger partial charge in [0.15, 0.2) is 5.41 Å². The minimum absolute atomic E-state index is 0.00235. The molecular weight excluding hydrogens is 1020 g/mol. The van der Waals surface area contributed by atoms with Crippen molar-refractivity contribution in [3.8, 4) is 0 Å². The molecule has 1 saturated heterocycles. The van der Waals surface area contributed by atoms with Gasteiger partial charge in [-0.25, -0.2) is 4.79 Å². The predicted octanol–water partition coefficient (Wildman–Crippen LogP) is 17.2. The van der Waals surface area contributed by atoms with Gasteiger partial charge in [-0.15, -0.1) is 5.06 Å². The molecule has 2 amide bonds. The third kappa shape index (κ3) is 25.6. The summed E-state index contributed by atoms with van der Waals surface area (Å²) in [6, 6.07) is 38.8. The molecule has 5 rings (SSSR count). The summed E-state index contributed by atoms with van der Waals surface area (Å²) < 4.78 is 50.2. The third-order valence-corrected chi connectivity index (χ3v) is 18.5. The normalized spacial score (nSPS) is 14.3. The average molecular weight is 1110 g/mol. The Morgan fingerprint density at radius 3 is 1.09 bits per heavy atom. The molecule has 2 atom stereocenters. The molecule has 0 bridgehead atoms. The molecule has 0 spiro atoms. The number of hydroxylamine groups is 2. The van der Waals surface area contributed by atoms with Crippen LogP contribution in [0.5, 0.6) is 0 Å². The van der Waals surface area contributed by atoms with Crippen molar-refractivity contribution in [2.45, 2.75) is 206 Å². The molecule has 1 fully saturated rings. The molecule has 4 aromatic carbocycles. The standard InChI is InChI=1S/C64H91NO11P2/c1-77(70,73-53-57-40-28-23-29-41-57)50-36-20-16-12-8-4-2-6-10-14-18-34-48-64(62(68)72-52-56-38-26-22-27-39-56,63(69)76-65-60(66)46-47-61(65)67)49-35-19-15-11-7-3-5-9-13-17-21-37-51-78(71,74-54-58-42-30-24-31-43-58)75-55-59-44-32-25-33-45-59/h22-33,38-45H,2-21,34-37,46-55H2,1H3. The monoisotopic (exact) mass is 1110 g/mol. The second kappa shape index (κ2) is 37.3. The molecule has 78 heavy (non-hydrogen) atoms. The van der Waals surface area contributed by atoms with Gasteiger partial charge in [0.2, 0.25) is 7.37 Å². The third-order valence-electron chi connectivity index (χ3n) is 14.8. The Balaban J connectivity index is 0.988. The van der Waals surface area contributed by atoms with Crippen molar-refractivity contribution in [2.24, 2.45) is 5.41 Å². The number of rotatable bonds is 44. The van der Waals surface area contributed by atoms with Gasteiger partial charge in [0.25, 0.3) is 11.8 Å². The van der Waals surface area contributed by atoms with Crippen LogP contribution in [0.15, 0.2) is 121 Å². The summed E-state index contributed by atoms with van der Waals surface area (Å²) in [5, 5.41) is 0.554. The maximum Gasteiger partial charge on any atom is 0.350 e. The molecule has 1 heterocycles. The number of ether oxygens (including phenoxy) is 1. The van der Waals surface area contributed by atoms with E-state index in [1.54, 1.807) is 6.66 Å². The van der Waals surface area contributed by atoms with Gasteiger partial charge in [0.1, 0.15) is 6.61 Å². The smallest absolute Gasteiger partial charge is 0.350 e. The molecular formula is C64H91NO11P2. The van der Waals surface area contributed by atoms with Crippen molar-refractivity contribution in [3.63, 3.8) is 0 Å². The lowest BCUT2D eigenvalue weighted by Crippen LogP contribution is -2.46. The van der Waals surface area contributed by atoms with Crippen molar-refractivity contribution in [3.05, 3.63) is 144 Å². The number of unbranched alkanes of at least 4 members (excludes halogenated alkanes) is 22. The highest BCUT2D eigenvalue weighted by atomic mass is 31.2. The first-order valence-electron chi connectivity index (χ1n) is 29.5. The lowest BCUT2D eigenvalue weighted by Gasteiger charge is -2.30. The number of carbonyl (C=O) groups excluding carboxylic acids is 4. The lowest BCUT2D eigenvalue weighted by molar-refractivity contribution is -0.210. The van der Waals surface area contributed by atoms with Crippen LogP contribution in [0.4, 0.5) is 0 Å². The highest BCUT2D eigenvalue weighted by Gasteiger charge is 2.50. The van der Waals surface area contributed by atoms with Gasteiger partial charge in [-0.2, -0.15) is 0 Å². The molecule has 0 saturated carbocycles. The van der Waals surface area contributed by atoms with Gasteiger partial charge in [-0.3, -0.25) is 23.5 Å². The van der Waals surface area contributed by atoms with E-state index in [0.29, 0.717) is 36.8 Å². The van der Waals surface area contributed by atoms with Crippen LogP contribution in [0, 0.1) is 5.41 Å². The quantitative estimate of drug-likeness (QED) is 0.0137. The number of nitrogens with zero attached hydrogens (tertiary/aromatic N) is 1. The SMILES string of the molecule is CP(=O)(CCCCCCCCCCCCCCC(CCCCCCCCCCCCCCP(=O)(OCc1ccccc1)OCc1ccccc1)(C(=O)OCc1ccccc1)C(=O)ON1C(=O)CCC1=O)OCc1ccccc1. The van der Waals surface area contributed by atoms with E-state index in [2.05, 4.69) is 0 Å². The fraction of sp³-hybridized carbons (Fsp3) is 0.562. The largest absolute Gasteiger partial charge is 0.460 e. The number of esters is 1. The average Bonchev–Trinajstić information content (AvgIpc) is 3.79.